The molecule has 0 unspecified atom stereocenters. The molecular formula is C27H30N2O2. The quantitative estimate of drug-likeness (QED) is 0.666. The molecular weight excluding hydrogens is 384 g/mol. The van der Waals surface area contributed by atoms with Crippen molar-refractivity contribution in [3.8, 4) is 0 Å². The van der Waals surface area contributed by atoms with E-state index in [4.69, 9.17) is 0 Å². The van der Waals surface area contributed by atoms with Gasteiger partial charge < -0.3 is 10.2 Å². The fourth-order valence-corrected chi connectivity index (χ4v) is 5.22. The van der Waals surface area contributed by atoms with Crippen molar-refractivity contribution in [2.45, 2.75) is 38.1 Å². The van der Waals surface area contributed by atoms with Gasteiger partial charge in [0.05, 0.1) is 6.04 Å². The van der Waals surface area contributed by atoms with Crippen LogP contribution in [-0.2, 0) is 22.4 Å². The van der Waals surface area contributed by atoms with E-state index >= 15 is 0 Å². The molecule has 1 amide bonds. The van der Waals surface area contributed by atoms with E-state index < -0.39 is 0 Å². The van der Waals surface area contributed by atoms with Gasteiger partial charge in [0.1, 0.15) is 0 Å². The zero-order chi connectivity index (χ0) is 21.2. The van der Waals surface area contributed by atoms with Gasteiger partial charge in [0.25, 0.3) is 5.91 Å². The second-order valence-corrected chi connectivity index (χ2v) is 9.23. The topological polar surface area (TPSA) is 49.4 Å². The van der Waals surface area contributed by atoms with Gasteiger partial charge in [-0.05, 0) is 73.3 Å². The van der Waals surface area contributed by atoms with Gasteiger partial charge >= 0.3 is 0 Å². The minimum absolute atomic E-state index is 0.0170. The third kappa shape index (κ3) is 4.49. The van der Waals surface area contributed by atoms with Gasteiger partial charge in [-0.1, -0.05) is 54.6 Å². The van der Waals surface area contributed by atoms with Crippen molar-refractivity contribution >= 4 is 17.4 Å². The molecule has 0 spiro atoms. The number of ketones is 1. The molecule has 4 atom stereocenters. The number of aryl methyl sites for hydroxylation is 1. The van der Waals surface area contributed by atoms with Crippen LogP contribution in [0.4, 0.5) is 5.69 Å². The maximum Gasteiger partial charge on any atom is 0.250 e. The van der Waals surface area contributed by atoms with Crippen molar-refractivity contribution < 1.29 is 9.59 Å². The Labute approximate surface area is 184 Å². The Kier molecular flexibility index (Phi) is 5.73. The first kappa shape index (κ1) is 20.2. The summed E-state index contributed by atoms with van der Waals surface area (Å²) in [5.41, 5.74) is 3.52. The van der Waals surface area contributed by atoms with Gasteiger partial charge in [-0.3, -0.25) is 9.59 Å². The summed E-state index contributed by atoms with van der Waals surface area (Å²) >= 11 is 0. The first-order chi connectivity index (χ1) is 15.2. The highest BCUT2D eigenvalue weighted by Crippen LogP contribution is 2.45. The molecule has 1 saturated carbocycles. The summed E-state index contributed by atoms with van der Waals surface area (Å²) < 4.78 is 0. The van der Waals surface area contributed by atoms with Crippen LogP contribution >= 0.6 is 0 Å². The van der Waals surface area contributed by atoms with Crippen LogP contribution in [0.2, 0.25) is 0 Å². The van der Waals surface area contributed by atoms with Crippen molar-refractivity contribution in [1.82, 2.24) is 5.32 Å². The van der Waals surface area contributed by atoms with Gasteiger partial charge in [0.15, 0.2) is 5.78 Å². The van der Waals surface area contributed by atoms with E-state index in [9.17, 15) is 9.59 Å². The molecule has 5 rings (SSSR count). The number of carbonyl (C=O) groups is 2. The minimum atomic E-state index is 0.0170. The lowest BCUT2D eigenvalue weighted by Gasteiger charge is -2.18. The summed E-state index contributed by atoms with van der Waals surface area (Å²) in [5, 5.41) is 3.41. The van der Waals surface area contributed by atoms with E-state index in [0.717, 1.165) is 38.0 Å². The molecule has 2 heterocycles. The smallest absolute Gasteiger partial charge is 0.250 e. The van der Waals surface area contributed by atoms with Crippen LogP contribution in [0, 0.1) is 17.8 Å². The summed E-state index contributed by atoms with van der Waals surface area (Å²) in [6.07, 6.45) is 8.08. The zero-order valence-electron chi connectivity index (χ0n) is 17.9. The Morgan fingerprint density at radius 1 is 1.10 bits per heavy atom. The summed E-state index contributed by atoms with van der Waals surface area (Å²) in [7, 11) is 0. The molecule has 1 N–H and O–H groups in total. The second kappa shape index (κ2) is 8.80. The monoisotopic (exact) mass is 414 g/mol. The number of benzene rings is 2. The van der Waals surface area contributed by atoms with E-state index in [1.54, 1.807) is 6.08 Å². The number of amides is 1. The average Bonchev–Trinajstić information content (AvgIpc) is 3.25. The lowest BCUT2D eigenvalue weighted by Crippen LogP contribution is -2.35. The van der Waals surface area contributed by atoms with Gasteiger partial charge in [-0.2, -0.15) is 0 Å². The molecule has 1 aliphatic carbocycles. The van der Waals surface area contributed by atoms with Crippen LogP contribution in [0.1, 0.15) is 30.4 Å². The van der Waals surface area contributed by atoms with Crippen molar-refractivity contribution in [3.05, 3.63) is 77.9 Å². The summed E-state index contributed by atoms with van der Waals surface area (Å²) in [4.78, 5) is 27.8. The van der Waals surface area contributed by atoms with Gasteiger partial charge in [0.2, 0.25) is 0 Å². The molecule has 4 heteroatoms. The average molecular weight is 415 g/mol. The molecule has 0 radical (unpaired) electrons. The number of piperidine rings is 1. The molecule has 2 aromatic carbocycles. The third-order valence-corrected chi connectivity index (χ3v) is 7.13. The highest BCUT2D eigenvalue weighted by Gasteiger charge is 2.50. The third-order valence-electron chi connectivity index (χ3n) is 7.13. The maximum absolute atomic E-state index is 13.0. The predicted octanol–water partition coefficient (Wildman–Crippen LogP) is 3.95. The van der Waals surface area contributed by atoms with Crippen LogP contribution in [0.3, 0.4) is 0 Å². The van der Waals surface area contributed by atoms with E-state index in [-0.39, 0.29) is 17.9 Å². The number of nitrogens with zero attached hydrogens (tertiary/aromatic N) is 1. The number of para-hydroxylation sites is 1. The van der Waals surface area contributed by atoms with Crippen molar-refractivity contribution in [3.63, 3.8) is 0 Å². The molecule has 2 fully saturated rings. The molecule has 2 aromatic rings. The highest BCUT2D eigenvalue weighted by molar-refractivity contribution is 6.03. The van der Waals surface area contributed by atoms with Crippen LogP contribution in [0.5, 0.6) is 0 Å². The molecule has 0 bridgehead atoms. The van der Waals surface area contributed by atoms with E-state index in [0.29, 0.717) is 24.0 Å². The number of rotatable bonds is 8. The largest absolute Gasteiger partial charge is 0.308 e. The van der Waals surface area contributed by atoms with Crippen molar-refractivity contribution in [2.24, 2.45) is 17.8 Å². The lowest BCUT2D eigenvalue weighted by molar-refractivity contribution is -0.122. The number of nitrogens with one attached hydrogen (secondary N) is 1. The van der Waals surface area contributed by atoms with Gasteiger partial charge in [-0.25, -0.2) is 0 Å². The fourth-order valence-electron chi connectivity index (χ4n) is 5.22. The number of hydrogen-bond donors (Lipinski definition) is 1. The molecule has 31 heavy (non-hydrogen) atoms. The van der Waals surface area contributed by atoms with Gasteiger partial charge in [-0.15, -0.1) is 0 Å². The summed E-state index contributed by atoms with van der Waals surface area (Å²) in [6.45, 7) is 1.71. The standard InChI is InChI=1S/C27H30N2O2/c30-25(27-23-17-22(23)18-28-27)16-20(11-10-19-6-2-1-3-7-19)12-13-26(31)29-15-14-21-8-4-5-9-24(21)29/h1-9,12-13,20,22-23,27-28H,10-11,14-18H2/b13-12+/t20-,22-,23-,27-/m0/s1. The number of fused-ring (bicyclic) bond motifs is 2. The zero-order valence-corrected chi connectivity index (χ0v) is 17.9. The van der Waals surface area contributed by atoms with Crippen molar-refractivity contribution in [1.29, 1.82) is 0 Å². The summed E-state index contributed by atoms with van der Waals surface area (Å²) in [5.74, 6) is 1.67. The number of Topliss-reactive ketones (excluding diaryl/α,β-unsaturated/α-hetero) is 1. The molecule has 1 saturated heterocycles. The lowest BCUT2D eigenvalue weighted by atomic mass is 9.91. The second-order valence-electron chi connectivity index (χ2n) is 9.23. The first-order valence-electron chi connectivity index (χ1n) is 11.6. The molecule has 2 aliphatic heterocycles. The number of hydrogen-bond acceptors (Lipinski definition) is 3. The number of anilines is 1. The van der Waals surface area contributed by atoms with E-state index in [2.05, 4.69) is 35.6 Å². The Hall–Kier alpha value is -2.72. The number of allylic oxidation sites excluding steroid dienone is 1. The molecule has 3 aliphatic rings. The molecule has 0 aromatic heterocycles. The Morgan fingerprint density at radius 3 is 2.68 bits per heavy atom. The van der Waals surface area contributed by atoms with Crippen LogP contribution in [-0.4, -0.2) is 30.8 Å². The fraction of sp³-hybridized carbons (Fsp3) is 0.407. The normalized spacial score (nSPS) is 24.8. The molecule has 4 nitrogen and oxygen atoms in total. The summed E-state index contributed by atoms with van der Waals surface area (Å²) in [6, 6.07) is 18.5. The van der Waals surface area contributed by atoms with Crippen molar-refractivity contribution in [2.75, 3.05) is 18.0 Å². The highest BCUT2D eigenvalue weighted by atomic mass is 16.2. The minimum Gasteiger partial charge on any atom is -0.308 e. The van der Waals surface area contributed by atoms with Crippen LogP contribution in [0.25, 0.3) is 0 Å². The Morgan fingerprint density at radius 2 is 1.90 bits per heavy atom. The van der Waals surface area contributed by atoms with E-state index in [1.165, 1.54) is 17.5 Å². The Balaban J connectivity index is 1.26. The van der Waals surface area contributed by atoms with E-state index in [1.807, 2.05) is 35.2 Å². The van der Waals surface area contributed by atoms with Crippen LogP contribution < -0.4 is 10.2 Å². The number of carbonyl (C=O) groups excluding carboxylic acids is 2. The van der Waals surface area contributed by atoms with Crippen LogP contribution in [0.15, 0.2) is 66.7 Å². The predicted molar refractivity (Wildman–Crippen MR) is 123 cm³/mol. The molecule has 160 valence electrons. The van der Waals surface area contributed by atoms with Gasteiger partial charge in [0, 0.05) is 18.7 Å². The first-order valence-corrected chi connectivity index (χ1v) is 11.6. The maximum atomic E-state index is 13.0. The Bertz CT molecular complexity index is 984. The SMILES string of the molecule is O=C(C[C@H](/C=C/C(=O)N1CCc2ccccc21)CCc1ccccc1)[C@H]1NC[C@@H]2C[C@@H]21.